The number of rotatable bonds is 7. The molecule has 30 heavy (non-hydrogen) atoms. The monoisotopic (exact) mass is 437 g/mol. The number of halogens is 3. The van der Waals surface area contributed by atoms with Crippen molar-refractivity contribution < 1.29 is 13.2 Å². The Hall–Kier alpha value is -3.35. The predicted molar refractivity (Wildman–Crippen MR) is 110 cm³/mol. The van der Waals surface area contributed by atoms with Gasteiger partial charge in [-0.05, 0) is 12.1 Å². The molecule has 0 aliphatic rings. The molecule has 0 aliphatic heterocycles. The summed E-state index contributed by atoms with van der Waals surface area (Å²) >= 11 is 1.43. The zero-order chi connectivity index (χ0) is 21.7. The van der Waals surface area contributed by atoms with E-state index in [1.54, 1.807) is 18.3 Å². The van der Waals surface area contributed by atoms with E-state index in [4.69, 9.17) is 5.73 Å². The quantitative estimate of drug-likeness (QED) is 0.475. The van der Waals surface area contributed by atoms with Crippen molar-refractivity contribution in [1.82, 2.24) is 24.9 Å². The van der Waals surface area contributed by atoms with Crippen LogP contribution >= 0.6 is 11.9 Å². The van der Waals surface area contributed by atoms with Gasteiger partial charge >= 0.3 is 6.18 Å². The molecular weight excluding hydrogens is 419 g/mol. The Morgan fingerprint density at radius 1 is 1.10 bits per heavy atom. The van der Waals surface area contributed by atoms with E-state index >= 15 is 0 Å². The Balaban J connectivity index is 1.88. The summed E-state index contributed by atoms with van der Waals surface area (Å²) in [5.41, 5.74) is 5.29. The second-order valence-electron chi connectivity index (χ2n) is 5.90. The molecule has 0 fully saturated rings. The average Bonchev–Trinajstić information content (AvgIpc) is 2.71. The third-order valence-corrected chi connectivity index (χ3v) is 4.60. The fourth-order valence-electron chi connectivity index (χ4n) is 2.43. The van der Waals surface area contributed by atoms with E-state index in [2.05, 4.69) is 35.6 Å². The molecule has 3 rings (SSSR count). The molecule has 0 saturated heterocycles. The van der Waals surface area contributed by atoms with Crippen LogP contribution in [0.15, 0.2) is 36.8 Å². The molecule has 0 aromatic carbocycles. The van der Waals surface area contributed by atoms with Crippen LogP contribution in [0.4, 0.5) is 42.5 Å². The normalized spacial score (nSPS) is 11.2. The molecule has 3 aromatic heterocycles. The average molecular weight is 437 g/mol. The van der Waals surface area contributed by atoms with Gasteiger partial charge in [0, 0.05) is 44.0 Å². The minimum absolute atomic E-state index is 0.0665. The SMILES string of the molecule is CSN(C)c1ncccc1CNc1nc(Nc2nccc(N)n2)ncc1C(F)(F)F. The number of nitrogen functional groups attached to an aromatic ring is 1. The summed E-state index contributed by atoms with van der Waals surface area (Å²) in [5.74, 6) is 0.400. The number of aromatic nitrogens is 5. The first-order valence-corrected chi connectivity index (χ1v) is 9.71. The molecule has 0 saturated carbocycles. The van der Waals surface area contributed by atoms with E-state index < -0.39 is 11.7 Å². The molecular formula is C17H18F3N9S. The van der Waals surface area contributed by atoms with Crippen LogP contribution in [0.3, 0.4) is 0 Å². The van der Waals surface area contributed by atoms with Crippen molar-refractivity contribution >= 4 is 41.3 Å². The number of pyridine rings is 1. The van der Waals surface area contributed by atoms with E-state index in [-0.39, 0.29) is 30.1 Å². The second-order valence-corrected chi connectivity index (χ2v) is 6.82. The van der Waals surface area contributed by atoms with Crippen LogP contribution in [-0.4, -0.2) is 38.2 Å². The molecule has 158 valence electrons. The Bertz CT molecular complexity index is 1020. The molecule has 0 aliphatic carbocycles. The zero-order valence-corrected chi connectivity index (χ0v) is 16.8. The maximum absolute atomic E-state index is 13.4. The Kier molecular flexibility index (Phi) is 6.40. The van der Waals surface area contributed by atoms with Gasteiger partial charge in [0.05, 0.1) is 0 Å². The fourth-order valence-corrected chi connectivity index (χ4v) is 2.77. The second kappa shape index (κ2) is 8.98. The van der Waals surface area contributed by atoms with E-state index in [0.29, 0.717) is 17.6 Å². The highest BCUT2D eigenvalue weighted by Gasteiger charge is 2.35. The number of hydrogen-bond acceptors (Lipinski definition) is 10. The van der Waals surface area contributed by atoms with E-state index in [1.807, 2.05) is 17.6 Å². The minimum atomic E-state index is -4.64. The molecule has 3 heterocycles. The molecule has 13 heteroatoms. The molecule has 0 unspecified atom stereocenters. The predicted octanol–water partition coefficient (Wildman–Crippen LogP) is 3.33. The van der Waals surface area contributed by atoms with Gasteiger partial charge in [-0.3, -0.25) is 5.32 Å². The lowest BCUT2D eigenvalue weighted by Gasteiger charge is -2.19. The van der Waals surface area contributed by atoms with Crippen LogP contribution in [0.25, 0.3) is 0 Å². The number of hydrogen-bond donors (Lipinski definition) is 3. The van der Waals surface area contributed by atoms with Crippen LogP contribution in [0.5, 0.6) is 0 Å². The van der Waals surface area contributed by atoms with Crippen LogP contribution in [0.1, 0.15) is 11.1 Å². The van der Waals surface area contributed by atoms with Crippen molar-refractivity contribution in [1.29, 1.82) is 0 Å². The van der Waals surface area contributed by atoms with Gasteiger partial charge in [-0.1, -0.05) is 18.0 Å². The van der Waals surface area contributed by atoms with E-state index in [9.17, 15) is 13.2 Å². The van der Waals surface area contributed by atoms with Crippen molar-refractivity contribution in [2.45, 2.75) is 12.7 Å². The van der Waals surface area contributed by atoms with Crippen LogP contribution < -0.4 is 20.7 Å². The molecule has 0 amide bonds. The standard InChI is InChI=1S/C17H18F3N9S/c1-29(30-2)14-10(4-3-6-22-14)8-24-13-11(17(18,19)20)9-25-16(27-13)28-15-23-7-5-12(21)26-15/h3-7,9H,8H2,1-2H3,(H4,21,23,24,25,26,27,28). The van der Waals surface area contributed by atoms with E-state index in [0.717, 1.165) is 0 Å². The fraction of sp³-hybridized carbons (Fsp3) is 0.235. The van der Waals surface area contributed by atoms with Gasteiger partial charge in [-0.15, -0.1) is 0 Å². The lowest BCUT2D eigenvalue weighted by atomic mass is 10.2. The first-order chi connectivity index (χ1) is 14.3. The van der Waals surface area contributed by atoms with Gasteiger partial charge in [0.15, 0.2) is 0 Å². The van der Waals surface area contributed by atoms with Crippen LogP contribution in [0.2, 0.25) is 0 Å². The number of anilines is 5. The summed E-state index contributed by atoms with van der Waals surface area (Å²) < 4.78 is 42.1. The minimum Gasteiger partial charge on any atom is -0.384 e. The Morgan fingerprint density at radius 2 is 1.87 bits per heavy atom. The summed E-state index contributed by atoms with van der Waals surface area (Å²) in [6.45, 7) is 0.0718. The highest BCUT2D eigenvalue weighted by Crippen LogP contribution is 2.34. The van der Waals surface area contributed by atoms with Crippen LogP contribution in [0, 0.1) is 0 Å². The summed E-state index contributed by atoms with van der Waals surface area (Å²) in [4.78, 5) is 19.8. The van der Waals surface area contributed by atoms with Crippen molar-refractivity contribution in [3.05, 3.63) is 47.9 Å². The number of nitrogens with two attached hydrogens (primary N) is 1. The topological polar surface area (TPSA) is 118 Å². The Labute approximate surface area is 174 Å². The van der Waals surface area contributed by atoms with Gasteiger partial charge in [0.1, 0.15) is 23.0 Å². The lowest BCUT2D eigenvalue weighted by Crippen LogP contribution is -2.16. The number of nitrogens with one attached hydrogen (secondary N) is 2. The van der Waals surface area contributed by atoms with Crippen molar-refractivity contribution in [2.24, 2.45) is 0 Å². The van der Waals surface area contributed by atoms with Crippen LogP contribution in [-0.2, 0) is 12.7 Å². The number of alkyl halides is 3. The molecule has 0 bridgehead atoms. The summed E-state index contributed by atoms with van der Waals surface area (Å²) in [5, 5.41) is 5.39. The molecule has 0 spiro atoms. The maximum atomic E-state index is 13.4. The highest BCUT2D eigenvalue weighted by atomic mass is 32.2. The first kappa shape index (κ1) is 21.4. The van der Waals surface area contributed by atoms with Gasteiger partial charge in [0.2, 0.25) is 11.9 Å². The zero-order valence-electron chi connectivity index (χ0n) is 16.0. The largest absolute Gasteiger partial charge is 0.421 e. The number of nitrogens with zero attached hydrogens (tertiary/aromatic N) is 6. The van der Waals surface area contributed by atoms with Crippen molar-refractivity contribution in [3.8, 4) is 0 Å². The summed E-state index contributed by atoms with van der Waals surface area (Å²) in [6.07, 6.45) is 0.948. The molecule has 0 radical (unpaired) electrons. The molecule has 3 aromatic rings. The third kappa shape index (κ3) is 5.17. The van der Waals surface area contributed by atoms with E-state index in [1.165, 1.54) is 24.2 Å². The summed E-state index contributed by atoms with van der Waals surface area (Å²) in [6, 6.07) is 4.96. The van der Waals surface area contributed by atoms with Crippen molar-refractivity contribution in [2.75, 3.05) is 34.0 Å². The highest BCUT2D eigenvalue weighted by molar-refractivity contribution is 7.99. The lowest BCUT2D eigenvalue weighted by molar-refractivity contribution is -0.137. The molecule has 4 N–H and O–H groups in total. The Morgan fingerprint density at radius 3 is 2.57 bits per heavy atom. The smallest absolute Gasteiger partial charge is 0.384 e. The third-order valence-electron chi connectivity index (χ3n) is 3.88. The first-order valence-electron chi connectivity index (χ1n) is 8.53. The summed E-state index contributed by atoms with van der Waals surface area (Å²) in [7, 11) is 1.82. The van der Waals surface area contributed by atoms with Crippen molar-refractivity contribution in [3.63, 3.8) is 0 Å². The molecule has 9 nitrogen and oxygen atoms in total. The van der Waals surface area contributed by atoms with Gasteiger partial charge < -0.3 is 15.4 Å². The molecule has 0 atom stereocenters. The van der Waals surface area contributed by atoms with Gasteiger partial charge in [0.25, 0.3) is 0 Å². The van der Waals surface area contributed by atoms with Gasteiger partial charge in [-0.2, -0.15) is 23.1 Å². The maximum Gasteiger partial charge on any atom is 0.421 e. The van der Waals surface area contributed by atoms with Gasteiger partial charge in [-0.25, -0.2) is 15.0 Å².